The lowest BCUT2D eigenvalue weighted by atomic mass is 10.1. The van der Waals surface area contributed by atoms with E-state index in [0.29, 0.717) is 0 Å². The highest BCUT2D eigenvalue weighted by Gasteiger charge is 2.25. The van der Waals surface area contributed by atoms with Crippen molar-refractivity contribution in [2.24, 2.45) is 5.92 Å². The summed E-state index contributed by atoms with van der Waals surface area (Å²) in [7, 11) is -1.42. The fourth-order valence-electron chi connectivity index (χ4n) is 2.07. The van der Waals surface area contributed by atoms with E-state index in [1.807, 2.05) is 33.7 Å². The standard InChI is InChI=1S/C15H35NO3Si2/c1-9-16(11-10-12-21(7,8)18-3)13-14(2)15(17)19-20(4,5)6/h14H,9-13H2,1-8H3. The zero-order valence-corrected chi connectivity index (χ0v) is 17.3. The molecule has 0 amide bonds. The van der Waals surface area contributed by atoms with Crippen molar-refractivity contribution in [1.82, 2.24) is 4.90 Å². The molecule has 0 heterocycles. The Morgan fingerprint density at radius 1 is 1.19 bits per heavy atom. The molecule has 0 aromatic heterocycles. The minimum Gasteiger partial charge on any atom is -0.520 e. The Hall–Kier alpha value is -0.176. The van der Waals surface area contributed by atoms with Crippen molar-refractivity contribution in [1.29, 1.82) is 0 Å². The summed E-state index contributed by atoms with van der Waals surface area (Å²) in [6.45, 7) is 17.5. The van der Waals surface area contributed by atoms with E-state index < -0.39 is 16.6 Å². The quantitative estimate of drug-likeness (QED) is 0.573. The van der Waals surface area contributed by atoms with Gasteiger partial charge in [0.2, 0.25) is 8.32 Å². The normalized spacial score (nSPS) is 14.3. The van der Waals surface area contributed by atoms with Gasteiger partial charge >= 0.3 is 0 Å². The van der Waals surface area contributed by atoms with Crippen molar-refractivity contribution >= 4 is 22.6 Å². The van der Waals surface area contributed by atoms with E-state index in [-0.39, 0.29) is 11.9 Å². The van der Waals surface area contributed by atoms with Gasteiger partial charge in [0.05, 0.1) is 5.92 Å². The first-order valence-corrected chi connectivity index (χ1v) is 14.5. The molecule has 1 atom stereocenters. The van der Waals surface area contributed by atoms with Crippen LogP contribution in [0.25, 0.3) is 0 Å². The van der Waals surface area contributed by atoms with Crippen LogP contribution in [0, 0.1) is 5.92 Å². The third-order valence-electron chi connectivity index (χ3n) is 3.59. The summed E-state index contributed by atoms with van der Waals surface area (Å²) in [6, 6.07) is 1.16. The molecule has 0 N–H and O–H groups in total. The van der Waals surface area contributed by atoms with E-state index in [0.717, 1.165) is 32.1 Å². The summed E-state index contributed by atoms with van der Waals surface area (Å²) in [5, 5.41) is 0. The molecule has 21 heavy (non-hydrogen) atoms. The molecule has 0 rings (SSSR count). The third-order valence-corrected chi connectivity index (χ3v) is 7.07. The molecular weight excluding hydrogens is 298 g/mol. The van der Waals surface area contributed by atoms with E-state index in [4.69, 9.17) is 8.85 Å². The van der Waals surface area contributed by atoms with Gasteiger partial charge in [0.25, 0.3) is 5.97 Å². The van der Waals surface area contributed by atoms with Crippen LogP contribution in [0.15, 0.2) is 0 Å². The van der Waals surface area contributed by atoms with Crippen molar-refractivity contribution in [3.05, 3.63) is 0 Å². The molecule has 0 saturated carbocycles. The Balaban J connectivity index is 4.22. The van der Waals surface area contributed by atoms with Gasteiger partial charge in [-0.15, -0.1) is 0 Å². The SMILES string of the molecule is CCN(CCC[Si](C)(C)OC)CC(C)C(=O)O[Si](C)(C)C. The summed E-state index contributed by atoms with van der Waals surface area (Å²) >= 11 is 0. The second-order valence-corrected chi connectivity index (χ2v) is 16.3. The zero-order chi connectivity index (χ0) is 16.7. The Morgan fingerprint density at radius 2 is 1.76 bits per heavy atom. The molecule has 1 unspecified atom stereocenters. The van der Waals surface area contributed by atoms with Crippen LogP contribution in [-0.2, 0) is 13.6 Å². The van der Waals surface area contributed by atoms with Gasteiger partial charge in [0.1, 0.15) is 0 Å². The predicted octanol–water partition coefficient (Wildman–Crippen LogP) is 3.56. The summed E-state index contributed by atoms with van der Waals surface area (Å²) in [4.78, 5) is 14.4. The van der Waals surface area contributed by atoms with Crippen LogP contribution in [0.1, 0.15) is 20.3 Å². The highest BCUT2D eigenvalue weighted by atomic mass is 28.4. The van der Waals surface area contributed by atoms with Gasteiger partial charge in [0, 0.05) is 13.7 Å². The van der Waals surface area contributed by atoms with E-state index in [1.165, 1.54) is 0 Å². The topological polar surface area (TPSA) is 38.8 Å². The second kappa shape index (κ2) is 9.07. The molecule has 0 aromatic carbocycles. The first-order valence-electron chi connectivity index (χ1n) is 8.01. The molecule has 0 fully saturated rings. The monoisotopic (exact) mass is 333 g/mol. The van der Waals surface area contributed by atoms with Gasteiger partial charge in [-0.3, -0.25) is 4.79 Å². The highest BCUT2D eigenvalue weighted by molar-refractivity contribution is 6.71. The smallest absolute Gasteiger partial charge is 0.296 e. The van der Waals surface area contributed by atoms with Crippen molar-refractivity contribution < 1.29 is 13.6 Å². The van der Waals surface area contributed by atoms with Crippen molar-refractivity contribution in [2.45, 2.75) is 59.0 Å². The summed E-state index contributed by atoms with van der Waals surface area (Å²) in [5.41, 5.74) is 0. The molecule has 6 heteroatoms. The van der Waals surface area contributed by atoms with Crippen LogP contribution in [0.3, 0.4) is 0 Å². The maximum atomic E-state index is 12.1. The van der Waals surface area contributed by atoms with Gasteiger partial charge in [-0.2, -0.15) is 0 Å². The largest absolute Gasteiger partial charge is 0.520 e. The van der Waals surface area contributed by atoms with Gasteiger partial charge in [-0.1, -0.05) is 13.8 Å². The second-order valence-electron chi connectivity index (χ2n) is 7.40. The molecule has 0 saturated heterocycles. The van der Waals surface area contributed by atoms with Crippen molar-refractivity contribution in [2.75, 3.05) is 26.7 Å². The summed E-state index contributed by atoms with van der Waals surface area (Å²) in [5.74, 6) is -0.0939. The molecule has 0 aliphatic heterocycles. The fourth-order valence-corrected chi connectivity index (χ4v) is 4.09. The third kappa shape index (κ3) is 10.2. The van der Waals surface area contributed by atoms with Crippen LogP contribution in [0.5, 0.6) is 0 Å². The van der Waals surface area contributed by atoms with E-state index in [2.05, 4.69) is 24.9 Å². The molecule has 126 valence electrons. The van der Waals surface area contributed by atoms with E-state index in [1.54, 1.807) is 0 Å². The highest BCUT2D eigenvalue weighted by Crippen LogP contribution is 2.14. The summed E-state index contributed by atoms with van der Waals surface area (Å²) in [6.07, 6.45) is 1.14. The maximum absolute atomic E-state index is 12.1. The molecular formula is C15H35NO3Si2. The van der Waals surface area contributed by atoms with Gasteiger partial charge < -0.3 is 13.8 Å². The number of carbonyl (C=O) groups excluding carboxylic acids is 1. The summed E-state index contributed by atoms with van der Waals surface area (Å²) < 4.78 is 11.2. The number of hydrogen-bond acceptors (Lipinski definition) is 4. The molecule has 0 bridgehead atoms. The minimum absolute atomic E-state index is 0.0424. The fraction of sp³-hybridized carbons (Fsp3) is 0.933. The average Bonchev–Trinajstić information content (AvgIpc) is 2.35. The molecule has 0 aromatic rings. The van der Waals surface area contributed by atoms with Crippen LogP contribution < -0.4 is 0 Å². The van der Waals surface area contributed by atoms with Crippen LogP contribution >= 0.6 is 0 Å². The van der Waals surface area contributed by atoms with E-state index >= 15 is 0 Å². The Morgan fingerprint density at radius 3 is 2.19 bits per heavy atom. The molecule has 0 aliphatic carbocycles. The molecule has 0 aliphatic rings. The number of hydrogen-bond donors (Lipinski definition) is 0. The average molecular weight is 334 g/mol. The van der Waals surface area contributed by atoms with Gasteiger partial charge in [0.15, 0.2) is 8.32 Å². The zero-order valence-electron chi connectivity index (χ0n) is 15.3. The lowest BCUT2D eigenvalue weighted by Gasteiger charge is -2.27. The maximum Gasteiger partial charge on any atom is 0.296 e. The lowest BCUT2D eigenvalue weighted by Crippen LogP contribution is -2.38. The molecule has 0 radical (unpaired) electrons. The van der Waals surface area contributed by atoms with E-state index in [9.17, 15) is 4.79 Å². The van der Waals surface area contributed by atoms with Gasteiger partial charge in [-0.25, -0.2) is 0 Å². The number of rotatable bonds is 10. The van der Waals surface area contributed by atoms with Crippen LogP contribution in [0.4, 0.5) is 0 Å². The molecule has 4 nitrogen and oxygen atoms in total. The Kier molecular flexibility index (Phi) is 9.00. The number of nitrogens with zero attached hydrogens (tertiary/aromatic N) is 1. The lowest BCUT2D eigenvalue weighted by molar-refractivity contribution is -0.139. The minimum atomic E-state index is -1.78. The van der Waals surface area contributed by atoms with Crippen LogP contribution in [0.2, 0.25) is 38.8 Å². The van der Waals surface area contributed by atoms with Crippen LogP contribution in [-0.4, -0.2) is 54.2 Å². The van der Waals surface area contributed by atoms with Crippen molar-refractivity contribution in [3.8, 4) is 0 Å². The first-order chi connectivity index (χ1) is 9.50. The van der Waals surface area contributed by atoms with Crippen molar-refractivity contribution in [3.63, 3.8) is 0 Å². The Bertz CT molecular complexity index is 317. The predicted molar refractivity (Wildman–Crippen MR) is 94.6 cm³/mol. The molecule has 0 spiro atoms. The first kappa shape index (κ1) is 20.8. The Labute approximate surface area is 133 Å². The number of carbonyl (C=O) groups is 1. The van der Waals surface area contributed by atoms with Gasteiger partial charge in [-0.05, 0) is 58.3 Å².